The van der Waals surface area contributed by atoms with E-state index in [2.05, 4.69) is 10.1 Å². The minimum atomic E-state index is 0.413. The van der Waals surface area contributed by atoms with Gasteiger partial charge in [-0.05, 0) is 31.4 Å². The molecular weight excluding hydrogens is 266 g/mol. The van der Waals surface area contributed by atoms with Crippen LogP contribution >= 0.6 is 11.6 Å². The van der Waals surface area contributed by atoms with Crippen LogP contribution in [-0.4, -0.2) is 25.8 Å². The predicted molar refractivity (Wildman–Crippen MR) is 71.1 cm³/mol. The molecule has 1 heterocycles. The molecule has 0 unspecified atom stereocenters. The molecule has 0 aliphatic heterocycles. The number of fused-ring (bicyclic) bond motifs is 1. The molecule has 0 amide bonds. The maximum Gasteiger partial charge on any atom is 0.176 e. The highest BCUT2D eigenvalue weighted by atomic mass is 35.5. The van der Waals surface area contributed by atoms with Crippen LogP contribution in [0.25, 0.3) is 11.4 Å². The van der Waals surface area contributed by atoms with Crippen molar-refractivity contribution in [3.8, 4) is 11.4 Å². The summed E-state index contributed by atoms with van der Waals surface area (Å²) >= 11 is 5.95. The third kappa shape index (κ3) is 1.96. The summed E-state index contributed by atoms with van der Waals surface area (Å²) in [7, 11) is 0. The Morgan fingerprint density at radius 1 is 1.32 bits per heavy atom. The van der Waals surface area contributed by atoms with Gasteiger partial charge in [-0.25, -0.2) is 4.98 Å². The van der Waals surface area contributed by atoms with Gasteiger partial charge in [-0.1, -0.05) is 28.9 Å². The molecule has 19 heavy (non-hydrogen) atoms. The molecule has 5 nitrogen and oxygen atoms in total. The summed E-state index contributed by atoms with van der Waals surface area (Å²) in [5.41, 5.74) is 2.47. The minimum absolute atomic E-state index is 0.413. The van der Waals surface area contributed by atoms with Crippen molar-refractivity contribution in [2.45, 2.75) is 19.3 Å². The van der Waals surface area contributed by atoms with E-state index in [1.54, 1.807) is 18.2 Å². The molecule has 3 rings (SSSR count). The standard InChI is InChI=1S/C13H12ClN3O2/c14-9-4-1-3-8(7-9)13-15-12-10(16-18)5-2-6-11(12)17(13)19/h1,3-4,7,18-19H,2,5-6H2/b16-10+. The topological polar surface area (TPSA) is 70.6 Å². The van der Waals surface area contributed by atoms with Gasteiger partial charge in [0.15, 0.2) is 5.82 Å². The Morgan fingerprint density at radius 3 is 2.89 bits per heavy atom. The number of hydrogen-bond acceptors (Lipinski definition) is 4. The number of benzene rings is 1. The van der Waals surface area contributed by atoms with Crippen LogP contribution in [0.2, 0.25) is 5.02 Å². The Hall–Kier alpha value is -2.01. The lowest BCUT2D eigenvalue weighted by atomic mass is 9.99. The van der Waals surface area contributed by atoms with Gasteiger partial charge in [0.25, 0.3) is 0 Å². The summed E-state index contributed by atoms with van der Waals surface area (Å²) < 4.78 is 1.06. The average molecular weight is 278 g/mol. The lowest BCUT2D eigenvalue weighted by Gasteiger charge is -2.11. The number of nitrogens with zero attached hydrogens (tertiary/aromatic N) is 3. The van der Waals surface area contributed by atoms with Crippen molar-refractivity contribution < 1.29 is 10.4 Å². The van der Waals surface area contributed by atoms with Crippen molar-refractivity contribution in [1.29, 1.82) is 0 Å². The van der Waals surface area contributed by atoms with Gasteiger partial charge in [-0.2, -0.15) is 4.73 Å². The average Bonchev–Trinajstić information content (AvgIpc) is 2.76. The predicted octanol–water partition coefficient (Wildman–Crippen LogP) is 2.96. The van der Waals surface area contributed by atoms with Gasteiger partial charge >= 0.3 is 0 Å². The number of halogens is 1. The van der Waals surface area contributed by atoms with Gasteiger partial charge < -0.3 is 10.4 Å². The zero-order valence-electron chi connectivity index (χ0n) is 10.0. The molecule has 1 aliphatic carbocycles. The molecular formula is C13H12ClN3O2. The highest BCUT2D eigenvalue weighted by molar-refractivity contribution is 6.30. The van der Waals surface area contributed by atoms with Crippen molar-refractivity contribution in [1.82, 2.24) is 9.71 Å². The van der Waals surface area contributed by atoms with E-state index in [-0.39, 0.29) is 0 Å². The first-order valence-electron chi connectivity index (χ1n) is 5.99. The van der Waals surface area contributed by atoms with Crippen LogP contribution in [0.15, 0.2) is 29.4 Å². The molecule has 1 aromatic carbocycles. The molecule has 0 bridgehead atoms. The van der Waals surface area contributed by atoms with Crippen molar-refractivity contribution >= 4 is 17.3 Å². The Bertz CT molecular complexity index is 664. The molecule has 0 atom stereocenters. The van der Waals surface area contributed by atoms with Gasteiger partial charge in [0.1, 0.15) is 11.4 Å². The molecule has 2 N–H and O–H groups in total. The first-order valence-corrected chi connectivity index (χ1v) is 6.36. The second kappa shape index (κ2) is 4.59. The maximum atomic E-state index is 10.2. The van der Waals surface area contributed by atoms with E-state index in [9.17, 15) is 5.21 Å². The van der Waals surface area contributed by atoms with E-state index in [0.29, 0.717) is 40.8 Å². The normalized spacial score (nSPS) is 16.6. The molecule has 1 aromatic heterocycles. The van der Waals surface area contributed by atoms with Crippen LogP contribution in [0, 0.1) is 0 Å². The molecule has 6 heteroatoms. The maximum absolute atomic E-state index is 10.2. The Labute approximate surface area is 114 Å². The van der Waals surface area contributed by atoms with Gasteiger partial charge in [-0.15, -0.1) is 0 Å². The smallest absolute Gasteiger partial charge is 0.176 e. The summed E-state index contributed by atoms with van der Waals surface area (Å²) in [6.45, 7) is 0. The lowest BCUT2D eigenvalue weighted by molar-refractivity contribution is 0.181. The zero-order valence-corrected chi connectivity index (χ0v) is 10.8. The molecule has 0 saturated carbocycles. The largest absolute Gasteiger partial charge is 0.427 e. The van der Waals surface area contributed by atoms with Crippen molar-refractivity contribution in [2.24, 2.45) is 5.16 Å². The van der Waals surface area contributed by atoms with Crippen LogP contribution in [0.5, 0.6) is 0 Å². The van der Waals surface area contributed by atoms with Gasteiger partial charge in [0.05, 0.1) is 5.69 Å². The fraction of sp³-hybridized carbons (Fsp3) is 0.231. The molecule has 0 saturated heterocycles. The number of imidazole rings is 1. The summed E-state index contributed by atoms with van der Waals surface area (Å²) in [5, 5.41) is 23.0. The van der Waals surface area contributed by atoms with Gasteiger partial charge in [0.2, 0.25) is 0 Å². The van der Waals surface area contributed by atoms with Crippen LogP contribution < -0.4 is 0 Å². The van der Waals surface area contributed by atoms with Crippen LogP contribution in [0.1, 0.15) is 24.2 Å². The molecule has 98 valence electrons. The number of oxime groups is 1. The molecule has 1 aliphatic rings. The molecule has 0 spiro atoms. The third-order valence-electron chi connectivity index (χ3n) is 3.25. The fourth-order valence-electron chi connectivity index (χ4n) is 2.35. The van der Waals surface area contributed by atoms with Crippen LogP contribution in [-0.2, 0) is 6.42 Å². The summed E-state index contributed by atoms with van der Waals surface area (Å²) in [4.78, 5) is 4.38. The lowest BCUT2D eigenvalue weighted by Crippen LogP contribution is -2.13. The van der Waals surface area contributed by atoms with Crippen molar-refractivity contribution in [3.05, 3.63) is 40.7 Å². The summed E-state index contributed by atoms with van der Waals surface area (Å²) in [5.74, 6) is 0.413. The number of rotatable bonds is 1. The van der Waals surface area contributed by atoms with Crippen molar-refractivity contribution in [3.63, 3.8) is 0 Å². The highest BCUT2D eigenvalue weighted by Crippen LogP contribution is 2.28. The monoisotopic (exact) mass is 277 g/mol. The van der Waals surface area contributed by atoms with Crippen LogP contribution in [0.3, 0.4) is 0 Å². The van der Waals surface area contributed by atoms with E-state index in [1.165, 1.54) is 0 Å². The van der Waals surface area contributed by atoms with E-state index < -0.39 is 0 Å². The SMILES string of the molecule is O/N=C1\CCCc2c1nc(-c1cccc(Cl)c1)n2O. The van der Waals surface area contributed by atoms with Gasteiger partial charge in [0, 0.05) is 10.6 Å². The van der Waals surface area contributed by atoms with Gasteiger partial charge in [-0.3, -0.25) is 0 Å². The molecule has 0 radical (unpaired) electrons. The van der Waals surface area contributed by atoms with Crippen molar-refractivity contribution in [2.75, 3.05) is 0 Å². The Morgan fingerprint density at radius 2 is 2.16 bits per heavy atom. The summed E-state index contributed by atoms with van der Waals surface area (Å²) in [6.07, 6.45) is 2.20. The van der Waals surface area contributed by atoms with E-state index in [1.807, 2.05) is 6.07 Å². The quantitative estimate of drug-likeness (QED) is 0.478. The van der Waals surface area contributed by atoms with Crippen LogP contribution in [0.4, 0.5) is 0 Å². The van der Waals surface area contributed by atoms with E-state index in [4.69, 9.17) is 16.8 Å². The first-order chi connectivity index (χ1) is 9.20. The zero-order chi connectivity index (χ0) is 13.4. The Kier molecular flexibility index (Phi) is 2.91. The third-order valence-corrected chi connectivity index (χ3v) is 3.49. The van der Waals surface area contributed by atoms with E-state index in [0.717, 1.165) is 16.7 Å². The van der Waals surface area contributed by atoms with E-state index >= 15 is 0 Å². The second-order valence-electron chi connectivity index (χ2n) is 4.45. The second-order valence-corrected chi connectivity index (χ2v) is 4.89. The molecule has 2 aromatic rings. The Balaban J connectivity index is 2.17. The number of hydrogen-bond donors (Lipinski definition) is 2. The first kappa shape index (κ1) is 12.0. The minimum Gasteiger partial charge on any atom is -0.427 e. The fourth-order valence-corrected chi connectivity index (χ4v) is 2.55. The number of aromatic nitrogens is 2. The molecule has 0 fully saturated rings. The highest BCUT2D eigenvalue weighted by Gasteiger charge is 2.25. The summed E-state index contributed by atoms with van der Waals surface area (Å²) in [6, 6.07) is 7.11.